The first kappa shape index (κ1) is 34.0. The van der Waals surface area contributed by atoms with Crippen molar-refractivity contribution in [3.63, 3.8) is 0 Å². The van der Waals surface area contributed by atoms with Crippen molar-refractivity contribution < 1.29 is 24.3 Å². The molecular weight excluding hydrogens is 564 g/mol. The Labute approximate surface area is 246 Å². The molecule has 0 aliphatic carbocycles. The smallest absolute Gasteiger partial charge is 0.326 e. The summed E-state index contributed by atoms with van der Waals surface area (Å²) in [5.74, 6) is -3.63. The van der Waals surface area contributed by atoms with Gasteiger partial charge in [0, 0.05) is 49.7 Å². The number of amides is 3. The van der Waals surface area contributed by atoms with E-state index in [9.17, 15) is 24.3 Å². The van der Waals surface area contributed by atoms with Crippen LogP contribution in [0, 0.1) is 0 Å². The summed E-state index contributed by atoms with van der Waals surface area (Å²) in [4.78, 5) is 72.6. The third-order valence-electron chi connectivity index (χ3n) is 6.08. The molecule has 0 bridgehead atoms. The Morgan fingerprint density at radius 2 is 1.21 bits per heavy atom. The first-order valence-electron chi connectivity index (χ1n) is 13.4. The summed E-state index contributed by atoms with van der Waals surface area (Å²) in [6.07, 6.45) is 6.62. The number of H-pyrrole nitrogens is 2. The average Bonchev–Trinajstić information content (AvgIpc) is 3.65. The summed E-state index contributed by atoms with van der Waals surface area (Å²) in [5.41, 5.74) is 28.5. The Kier molecular flexibility index (Phi) is 13.9. The van der Waals surface area contributed by atoms with Gasteiger partial charge in [-0.3, -0.25) is 24.4 Å². The Balaban J connectivity index is 2.18. The van der Waals surface area contributed by atoms with Crippen LogP contribution < -0.4 is 44.6 Å². The minimum Gasteiger partial charge on any atom is -0.480 e. The van der Waals surface area contributed by atoms with Crippen LogP contribution in [0.4, 0.5) is 0 Å². The van der Waals surface area contributed by atoms with Gasteiger partial charge < -0.3 is 59.7 Å². The minimum atomic E-state index is -1.28. The number of carbonyl (C=O) groups excluding carboxylic acids is 3. The fraction of sp³-hybridized carbons (Fsp3) is 0.500. The molecule has 0 aliphatic rings. The number of nitrogens with zero attached hydrogens (tertiary/aromatic N) is 4. The fourth-order valence-corrected chi connectivity index (χ4v) is 3.91. The molecule has 2 heterocycles. The summed E-state index contributed by atoms with van der Waals surface area (Å²) in [7, 11) is 0. The maximum atomic E-state index is 13.5. The van der Waals surface area contributed by atoms with Crippen molar-refractivity contribution in [3.05, 3.63) is 36.4 Å². The largest absolute Gasteiger partial charge is 0.480 e. The number of aromatic amines is 2. The lowest BCUT2D eigenvalue weighted by atomic mass is 10.1. The lowest BCUT2D eigenvalue weighted by Gasteiger charge is -2.25. The number of aliphatic carboxylic acids is 1. The maximum absolute atomic E-state index is 13.5. The van der Waals surface area contributed by atoms with E-state index in [1.165, 1.54) is 25.0 Å². The molecule has 2 rings (SSSR count). The zero-order chi connectivity index (χ0) is 31.8. The average molecular weight is 605 g/mol. The molecule has 0 saturated carbocycles. The van der Waals surface area contributed by atoms with Crippen molar-refractivity contribution in [3.8, 4) is 0 Å². The van der Waals surface area contributed by atoms with Crippen molar-refractivity contribution >= 4 is 35.6 Å². The first-order valence-corrected chi connectivity index (χ1v) is 13.4. The standard InChI is InChI=1S/C24H40N14O5/c25-15(7-13-9-30-11-34-13)19(39)36-16(3-1-5-32-23(26)27)20(40)38-18(8-14-10-31-12-35-14)21(41)37-17(22(42)43)4-2-6-33-24(28)29/h9-12,15-18H,1-8,25H2,(H,30,34)(H,31,35)(H,36,39)(H,37,41)(H,38,40)(H,42,43)(H4,26,27,32)(H4,28,29,33)/t15-,16-,17-,18-/m0/s1. The highest BCUT2D eigenvalue weighted by Crippen LogP contribution is 2.06. The number of rotatable bonds is 19. The molecule has 16 N–H and O–H groups in total. The monoisotopic (exact) mass is 604 g/mol. The van der Waals surface area contributed by atoms with Gasteiger partial charge in [0.25, 0.3) is 0 Å². The highest BCUT2D eigenvalue weighted by Gasteiger charge is 2.30. The van der Waals surface area contributed by atoms with Crippen LogP contribution in [0.1, 0.15) is 37.1 Å². The summed E-state index contributed by atoms with van der Waals surface area (Å²) in [6.45, 7) is 0.348. The van der Waals surface area contributed by atoms with Crippen LogP contribution in [0.25, 0.3) is 0 Å². The van der Waals surface area contributed by atoms with E-state index in [1.54, 1.807) is 0 Å². The Morgan fingerprint density at radius 3 is 1.70 bits per heavy atom. The van der Waals surface area contributed by atoms with Crippen LogP contribution in [0.5, 0.6) is 0 Å². The van der Waals surface area contributed by atoms with Gasteiger partial charge in [-0.25, -0.2) is 14.8 Å². The molecule has 43 heavy (non-hydrogen) atoms. The highest BCUT2D eigenvalue weighted by atomic mass is 16.4. The van der Waals surface area contributed by atoms with E-state index in [0.29, 0.717) is 17.8 Å². The van der Waals surface area contributed by atoms with E-state index < -0.39 is 47.9 Å². The number of guanidine groups is 2. The van der Waals surface area contributed by atoms with Crippen molar-refractivity contribution in [2.45, 2.75) is 62.7 Å². The molecule has 236 valence electrons. The first-order chi connectivity index (χ1) is 20.5. The molecular formula is C24H40N14O5. The molecule has 0 aliphatic heterocycles. The second-order valence-corrected chi connectivity index (χ2v) is 9.59. The number of imidazole rings is 2. The Morgan fingerprint density at radius 1 is 0.744 bits per heavy atom. The predicted octanol–water partition coefficient (Wildman–Crippen LogP) is -4.11. The summed E-state index contributed by atoms with van der Waals surface area (Å²) in [5, 5.41) is 17.3. The molecule has 0 spiro atoms. The van der Waals surface area contributed by atoms with Gasteiger partial charge in [0.2, 0.25) is 17.7 Å². The highest BCUT2D eigenvalue weighted by molar-refractivity contribution is 5.94. The quantitative estimate of drug-likeness (QED) is 0.0414. The number of aliphatic imine (C=N–C) groups is 2. The van der Waals surface area contributed by atoms with E-state index in [2.05, 4.69) is 45.9 Å². The molecule has 4 atom stereocenters. The van der Waals surface area contributed by atoms with Crippen molar-refractivity contribution in [2.24, 2.45) is 38.7 Å². The number of carboxylic acid groups (broad SMARTS) is 1. The molecule has 2 aromatic rings. The molecule has 0 unspecified atom stereocenters. The van der Waals surface area contributed by atoms with Gasteiger partial charge in [-0.1, -0.05) is 0 Å². The van der Waals surface area contributed by atoms with Crippen LogP contribution in [-0.2, 0) is 32.0 Å². The Hall–Kier alpha value is -5.20. The molecule has 2 aromatic heterocycles. The minimum absolute atomic E-state index is 0.0280. The second kappa shape index (κ2) is 17.6. The molecule has 3 amide bonds. The molecule has 0 fully saturated rings. The molecule has 19 nitrogen and oxygen atoms in total. The van der Waals surface area contributed by atoms with E-state index in [0.717, 1.165) is 0 Å². The third kappa shape index (κ3) is 12.9. The fourth-order valence-electron chi connectivity index (χ4n) is 3.91. The van der Waals surface area contributed by atoms with Crippen molar-refractivity contribution in [1.29, 1.82) is 0 Å². The summed E-state index contributed by atoms with van der Waals surface area (Å²) >= 11 is 0. The predicted molar refractivity (Wildman–Crippen MR) is 156 cm³/mol. The van der Waals surface area contributed by atoms with Crippen LogP contribution in [0.2, 0.25) is 0 Å². The second-order valence-electron chi connectivity index (χ2n) is 9.59. The number of nitrogens with two attached hydrogens (primary N) is 5. The number of nitrogens with one attached hydrogen (secondary N) is 5. The topological polar surface area (TPSA) is 337 Å². The van der Waals surface area contributed by atoms with E-state index in [1.807, 2.05) is 0 Å². The summed E-state index contributed by atoms with van der Waals surface area (Å²) in [6, 6.07) is -4.64. The maximum Gasteiger partial charge on any atom is 0.326 e. The third-order valence-corrected chi connectivity index (χ3v) is 6.08. The summed E-state index contributed by atoms with van der Waals surface area (Å²) < 4.78 is 0. The molecule has 0 radical (unpaired) electrons. The lowest BCUT2D eigenvalue weighted by molar-refractivity contribution is -0.142. The zero-order valence-corrected chi connectivity index (χ0v) is 23.5. The van der Waals surface area contributed by atoms with Crippen LogP contribution >= 0.6 is 0 Å². The molecule has 0 aromatic carbocycles. The van der Waals surface area contributed by atoms with Gasteiger partial charge >= 0.3 is 5.97 Å². The Bertz CT molecular complexity index is 1220. The number of aromatic nitrogens is 4. The van der Waals surface area contributed by atoms with E-state index in [4.69, 9.17) is 28.7 Å². The van der Waals surface area contributed by atoms with Crippen LogP contribution in [-0.4, -0.2) is 97.9 Å². The van der Waals surface area contributed by atoms with E-state index in [-0.39, 0.29) is 57.1 Å². The number of carbonyl (C=O) groups is 4. The normalized spacial score (nSPS) is 13.5. The zero-order valence-electron chi connectivity index (χ0n) is 23.5. The van der Waals surface area contributed by atoms with Gasteiger partial charge in [-0.2, -0.15) is 0 Å². The SMILES string of the molecule is NC(N)=NCCC[C@H](NC(=O)[C@H](Cc1cnc[nH]1)NC(=O)[C@H](CCCN=C(N)N)NC(=O)[C@@H](N)Cc1cnc[nH]1)C(=O)O. The number of hydrogen-bond donors (Lipinski definition) is 11. The van der Waals surface area contributed by atoms with Crippen molar-refractivity contribution in [1.82, 2.24) is 35.9 Å². The molecule has 0 saturated heterocycles. The van der Waals surface area contributed by atoms with Crippen LogP contribution in [0.15, 0.2) is 35.0 Å². The van der Waals surface area contributed by atoms with Gasteiger partial charge in [0.05, 0.1) is 18.7 Å². The van der Waals surface area contributed by atoms with Crippen LogP contribution in [0.3, 0.4) is 0 Å². The molecule has 19 heteroatoms. The number of carboxylic acids is 1. The van der Waals surface area contributed by atoms with E-state index >= 15 is 0 Å². The van der Waals surface area contributed by atoms with Gasteiger partial charge in [-0.05, 0) is 25.7 Å². The lowest BCUT2D eigenvalue weighted by Crippen LogP contribution is -2.57. The van der Waals surface area contributed by atoms with Crippen molar-refractivity contribution in [2.75, 3.05) is 13.1 Å². The van der Waals surface area contributed by atoms with Gasteiger partial charge in [0.15, 0.2) is 11.9 Å². The van der Waals surface area contributed by atoms with Gasteiger partial charge in [0.1, 0.15) is 18.1 Å². The van der Waals surface area contributed by atoms with Gasteiger partial charge in [-0.15, -0.1) is 0 Å². The number of hydrogen-bond acceptors (Lipinski definition) is 9.